The number of ether oxygens (including phenoxy) is 2. The van der Waals surface area contributed by atoms with Crippen LogP contribution in [0.5, 0.6) is 11.5 Å². The number of nitrogens with one attached hydrogen (secondary N) is 1. The highest BCUT2D eigenvalue weighted by Crippen LogP contribution is 2.35. The van der Waals surface area contributed by atoms with Gasteiger partial charge in [-0.3, -0.25) is 10.0 Å². The summed E-state index contributed by atoms with van der Waals surface area (Å²) in [6, 6.07) is 21.3. The average molecular weight is 512 g/mol. The van der Waals surface area contributed by atoms with Crippen LogP contribution in [0.4, 0.5) is 0 Å². The number of benzene rings is 3. The highest BCUT2D eigenvalue weighted by molar-refractivity contribution is 7.93. The van der Waals surface area contributed by atoms with Gasteiger partial charge in [0.15, 0.2) is 14.6 Å². The summed E-state index contributed by atoms with van der Waals surface area (Å²) in [5, 5.41) is 18.6. The molecule has 0 atom stereocenters. The van der Waals surface area contributed by atoms with Gasteiger partial charge >= 0.3 is 0 Å². The van der Waals surface area contributed by atoms with Crippen LogP contribution in [0.3, 0.4) is 0 Å². The van der Waals surface area contributed by atoms with Crippen molar-refractivity contribution in [2.75, 3.05) is 19.8 Å². The Labute approximate surface area is 210 Å². The summed E-state index contributed by atoms with van der Waals surface area (Å²) in [6.45, 7) is 0.682. The maximum Gasteiger partial charge on any atom is 0.265 e. The lowest BCUT2D eigenvalue weighted by Crippen LogP contribution is -2.54. The second-order valence-electron chi connectivity index (χ2n) is 8.72. The minimum Gasteiger partial charge on any atom is -0.508 e. The summed E-state index contributed by atoms with van der Waals surface area (Å²) in [5.41, 5.74) is 4.78. The monoisotopic (exact) mass is 511 g/mol. The molecule has 8 nitrogen and oxygen atoms in total. The summed E-state index contributed by atoms with van der Waals surface area (Å²) >= 11 is 0. The predicted molar refractivity (Wildman–Crippen MR) is 134 cm³/mol. The summed E-state index contributed by atoms with van der Waals surface area (Å²) in [6.07, 6.45) is 1.50. The fourth-order valence-electron chi connectivity index (χ4n) is 4.39. The van der Waals surface area contributed by atoms with Crippen molar-refractivity contribution in [3.05, 3.63) is 78.4 Å². The number of hydrogen-bond acceptors (Lipinski definition) is 7. The third-order valence-electron chi connectivity index (χ3n) is 6.47. The number of amides is 1. The maximum absolute atomic E-state index is 13.3. The second-order valence-corrected chi connectivity index (χ2v) is 11.0. The van der Waals surface area contributed by atoms with Crippen LogP contribution in [-0.4, -0.2) is 49.2 Å². The van der Waals surface area contributed by atoms with Gasteiger partial charge in [-0.1, -0.05) is 36.4 Å². The highest BCUT2D eigenvalue weighted by Gasteiger charge is 2.52. The van der Waals surface area contributed by atoms with E-state index >= 15 is 0 Å². The number of carbonyl (C=O) groups excluding carboxylic acids is 1. The Morgan fingerprint density at radius 1 is 0.972 bits per heavy atom. The minimum atomic E-state index is -4.06. The zero-order chi connectivity index (χ0) is 25.6. The van der Waals surface area contributed by atoms with Crippen molar-refractivity contribution >= 4 is 15.7 Å². The van der Waals surface area contributed by atoms with Crippen LogP contribution in [0.25, 0.3) is 11.1 Å². The van der Waals surface area contributed by atoms with Crippen LogP contribution in [-0.2, 0) is 25.8 Å². The number of phenols is 1. The van der Waals surface area contributed by atoms with Crippen molar-refractivity contribution in [1.82, 2.24) is 5.48 Å². The van der Waals surface area contributed by atoms with E-state index in [1.807, 2.05) is 24.3 Å². The lowest BCUT2D eigenvalue weighted by atomic mass is 9.98. The number of rotatable bonds is 9. The molecule has 0 spiro atoms. The van der Waals surface area contributed by atoms with E-state index in [1.165, 1.54) is 17.6 Å². The zero-order valence-electron chi connectivity index (χ0n) is 19.7. The molecule has 1 aliphatic heterocycles. The number of carbonyl (C=O) groups is 1. The Morgan fingerprint density at radius 2 is 1.67 bits per heavy atom. The molecule has 3 N–H and O–H groups in total. The van der Waals surface area contributed by atoms with Gasteiger partial charge in [0.2, 0.25) is 0 Å². The third-order valence-corrected chi connectivity index (χ3v) is 8.99. The molecule has 1 aliphatic rings. The molecule has 4 rings (SSSR count). The van der Waals surface area contributed by atoms with Crippen molar-refractivity contribution in [1.29, 1.82) is 0 Å². The van der Waals surface area contributed by atoms with Crippen molar-refractivity contribution in [2.45, 2.75) is 35.3 Å². The van der Waals surface area contributed by atoms with Crippen LogP contribution in [0.1, 0.15) is 24.8 Å². The maximum atomic E-state index is 13.3. The zero-order valence-corrected chi connectivity index (χ0v) is 20.5. The number of phenolic OH excluding ortho intramolecular Hbond substituents is 1. The van der Waals surface area contributed by atoms with Gasteiger partial charge in [-0.25, -0.2) is 13.9 Å². The van der Waals surface area contributed by atoms with Crippen LogP contribution >= 0.6 is 0 Å². The third kappa shape index (κ3) is 5.38. The summed E-state index contributed by atoms with van der Waals surface area (Å²) in [5.74, 6) is -0.184. The van der Waals surface area contributed by atoms with Gasteiger partial charge < -0.3 is 14.6 Å². The fourth-order valence-corrected chi connectivity index (χ4v) is 6.33. The molecule has 36 heavy (non-hydrogen) atoms. The van der Waals surface area contributed by atoms with Crippen molar-refractivity contribution < 1.29 is 33.0 Å². The smallest absolute Gasteiger partial charge is 0.265 e. The molecule has 1 fully saturated rings. The molecule has 0 bridgehead atoms. The van der Waals surface area contributed by atoms with Crippen molar-refractivity contribution in [3.63, 3.8) is 0 Å². The predicted octanol–water partition coefficient (Wildman–Crippen LogP) is 3.90. The molecule has 0 aromatic heterocycles. The second kappa shape index (κ2) is 11.1. The van der Waals surface area contributed by atoms with E-state index in [4.69, 9.17) is 14.7 Å². The number of sulfone groups is 1. The van der Waals surface area contributed by atoms with Gasteiger partial charge in [-0.15, -0.1) is 0 Å². The minimum absolute atomic E-state index is 0.00797. The normalized spacial score (nSPS) is 15.2. The molecule has 0 unspecified atom stereocenters. The SMILES string of the molecule is O=C(NO)C1(S(=O)(=O)c2ccc(OCCCc3cccc(-c4ccc(O)cc4)c3)cc2)CCOCC1. The molecule has 9 heteroatoms. The van der Waals surface area contributed by atoms with E-state index in [2.05, 4.69) is 12.1 Å². The quantitative estimate of drug-likeness (QED) is 0.226. The molecule has 1 amide bonds. The van der Waals surface area contributed by atoms with Crippen molar-refractivity contribution in [2.24, 2.45) is 0 Å². The number of hydroxylamine groups is 1. The summed E-state index contributed by atoms with van der Waals surface area (Å²) in [7, 11) is -4.06. The standard InChI is InChI=1S/C27H29NO7S/c29-23-8-6-21(7-9-23)22-5-1-3-20(19-22)4-2-16-35-24-10-12-25(13-11-24)36(32,33)27(26(30)28-31)14-17-34-18-15-27/h1,3,5-13,19,29,31H,2,4,14-18H2,(H,28,30). The fraction of sp³-hybridized carbons (Fsp3) is 0.296. The van der Waals surface area contributed by atoms with E-state index in [0.717, 1.165) is 29.5 Å². The van der Waals surface area contributed by atoms with E-state index in [0.29, 0.717) is 12.4 Å². The van der Waals surface area contributed by atoms with Crippen molar-refractivity contribution in [3.8, 4) is 22.6 Å². The Kier molecular flexibility index (Phi) is 7.93. The van der Waals surface area contributed by atoms with E-state index in [-0.39, 0.29) is 36.7 Å². The van der Waals surface area contributed by atoms with Crippen LogP contribution in [0.15, 0.2) is 77.7 Å². The van der Waals surface area contributed by atoms with Gasteiger partial charge in [0, 0.05) is 13.2 Å². The molecule has 0 saturated carbocycles. The Hall–Kier alpha value is -3.40. The van der Waals surface area contributed by atoms with Gasteiger partial charge in [0.05, 0.1) is 11.5 Å². The molecule has 3 aromatic rings. The lowest BCUT2D eigenvalue weighted by Gasteiger charge is -2.34. The first-order chi connectivity index (χ1) is 17.4. The van der Waals surface area contributed by atoms with Gasteiger partial charge in [-0.2, -0.15) is 0 Å². The van der Waals surface area contributed by atoms with Crippen LogP contribution in [0.2, 0.25) is 0 Å². The summed E-state index contributed by atoms with van der Waals surface area (Å²) < 4.78 is 35.9. The number of aromatic hydroxyl groups is 1. The van der Waals surface area contributed by atoms with Gasteiger partial charge in [0.1, 0.15) is 11.5 Å². The van der Waals surface area contributed by atoms with Gasteiger partial charge in [0.25, 0.3) is 5.91 Å². The molecular formula is C27H29NO7S. The largest absolute Gasteiger partial charge is 0.508 e. The molecule has 3 aromatic carbocycles. The molecule has 1 saturated heterocycles. The topological polar surface area (TPSA) is 122 Å². The van der Waals surface area contributed by atoms with E-state index in [9.17, 15) is 18.3 Å². The molecule has 0 aliphatic carbocycles. The number of aryl methyl sites for hydroxylation is 1. The summed E-state index contributed by atoms with van der Waals surface area (Å²) in [4.78, 5) is 12.3. The van der Waals surface area contributed by atoms with E-state index in [1.54, 1.807) is 24.3 Å². The highest BCUT2D eigenvalue weighted by atomic mass is 32.2. The molecule has 0 radical (unpaired) electrons. The molecular weight excluding hydrogens is 482 g/mol. The Morgan fingerprint density at radius 3 is 2.33 bits per heavy atom. The Bertz CT molecular complexity index is 1280. The average Bonchev–Trinajstić information content (AvgIpc) is 2.92. The number of hydrogen-bond donors (Lipinski definition) is 3. The lowest BCUT2D eigenvalue weighted by molar-refractivity contribution is -0.134. The van der Waals surface area contributed by atoms with Crippen LogP contribution in [0, 0.1) is 0 Å². The van der Waals surface area contributed by atoms with E-state index < -0.39 is 20.5 Å². The first-order valence-electron chi connectivity index (χ1n) is 11.7. The van der Waals surface area contributed by atoms with Gasteiger partial charge in [-0.05, 0) is 78.8 Å². The van der Waals surface area contributed by atoms with Crippen LogP contribution < -0.4 is 10.2 Å². The molecule has 1 heterocycles. The first-order valence-corrected chi connectivity index (χ1v) is 13.2. The first kappa shape index (κ1) is 25.7. The molecule has 190 valence electrons. The Balaban J connectivity index is 1.35.